The lowest BCUT2D eigenvalue weighted by molar-refractivity contribution is -0.119. The van der Waals surface area contributed by atoms with Crippen LogP contribution >= 0.6 is 11.6 Å². The van der Waals surface area contributed by atoms with Crippen molar-refractivity contribution >= 4 is 27.5 Å². The van der Waals surface area contributed by atoms with E-state index in [9.17, 15) is 13.2 Å². The summed E-state index contributed by atoms with van der Waals surface area (Å²) in [4.78, 5) is 15.4. The highest BCUT2D eigenvalue weighted by Crippen LogP contribution is 2.20. The summed E-state index contributed by atoms with van der Waals surface area (Å²) in [5.41, 5.74) is 0. The number of pyridine rings is 1. The zero-order valence-corrected chi connectivity index (χ0v) is 11.6. The third-order valence-corrected chi connectivity index (χ3v) is 4.29. The molecule has 0 saturated carbocycles. The predicted molar refractivity (Wildman–Crippen MR) is 71.1 cm³/mol. The molecule has 1 heterocycles. The Bertz CT molecular complexity index is 613. The summed E-state index contributed by atoms with van der Waals surface area (Å²) in [5.74, 6) is -0.416. The first kappa shape index (κ1) is 14.0. The Hall–Kier alpha value is -1.40. The van der Waals surface area contributed by atoms with Crippen LogP contribution in [0.1, 0.15) is 19.3 Å². The van der Waals surface area contributed by atoms with Gasteiger partial charge in [0, 0.05) is 17.6 Å². The van der Waals surface area contributed by atoms with Crippen molar-refractivity contribution in [3.8, 4) is 0 Å². The van der Waals surface area contributed by atoms with Crippen molar-refractivity contribution in [2.75, 3.05) is 0 Å². The molecule has 1 aromatic heterocycles. The summed E-state index contributed by atoms with van der Waals surface area (Å²) in [7, 11) is -3.94. The minimum absolute atomic E-state index is 0.113. The molecule has 1 amide bonds. The second-order valence-corrected chi connectivity index (χ2v) is 6.38. The zero-order valence-electron chi connectivity index (χ0n) is 10.0. The van der Waals surface area contributed by atoms with E-state index < -0.39 is 15.9 Å². The van der Waals surface area contributed by atoms with E-state index in [4.69, 9.17) is 11.6 Å². The van der Waals surface area contributed by atoms with Crippen LogP contribution in [0.3, 0.4) is 0 Å². The minimum Gasteiger partial charge on any atom is -0.274 e. The van der Waals surface area contributed by atoms with Gasteiger partial charge in [-0.3, -0.25) is 4.79 Å². The highest BCUT2D eigenvalue weighted by molar-refractivity contribution is 7.90. The second kappa shape index (κ2) is 5.71. The highest BCUT2D eigenvalue weighted by atomic mass is 35.5. The molecule has 0 radical (unpaired) electrons. The number of allylic oxidation sites excluding steroid dienone is 2. The number of hydrogen-bond donors (Lipinski definition) is 1. The van der Waals surface area contributed by atoms with E-state index in [1.54, 1.807) is 0 Å². The maximum atomic E-state index is 11.9. The smallest absolute Gasteiger partial charge is 0.274 e. The fraction of sp³-hybridized carbons (Fsp3) is 0.333. The van der Waals surface area contributed by atoms with Crippen LogP contribution < -0.4 is 4.72 Å². The van der Waals surface area contributed by atoms with Gasteiger partial charge in [-0.15, -0.1) is 0 Å². The van der Waals surface area contributed by atoms with Gasteiger partial charge in [-0.2, -0.15) is 8.42 Å². The quantitative estimate of drug-likeness (QED) is 0.862. The van der Waals surface area contributed by atoms with Crippen LogP contribution in [-0.2, 0) is 14.8 Å². The number of nitrogens with one attached hydrogen (secondary N) is 1. The molecule has 2 rings (SSSR count). The highest BCUT2D eigenvalue weighted by Gasteiger charge is 2.21. The summed E-state index contributed by atoms with van der Waals surface area (Å²) in [6.07, 6.45) is 7.18. The maximum Gasteiger partial charge on any atom is 0.281 e. The molecule has 7 heteroatoms. The van der Waals surface area contributed by atoms with E-state index in [0.29, 0.717) is 0 Å². The van der Waals surface area contributed by atoms with Gasteiger partial charge in [0.1, 0.15) is 0 Å². The Morgan fingerprint density at radius 3 is 2.95 bits per heavy atom. The Balaban J connectivity index is 2.04. The maximum absolute atomic E-state index is 11.9. The average molecular weight is 301 g/mol. The summed E-state index contributed by atoms with van der Waals surface area (Å²) < 4.78 is 25.8. The SMILES string of the molecule is O=C(CC1C=CCC1)NS(=O)(=O)c1cc(Cl)ccn1. The molecule has 0 bridgehead atoms. The van der Waals surface area contributed by atoms with Crippen molar-refractivity contribution in [1.29, 1.82) is 0 Å². The molecule has 19 heavy (non-hydrogen) atoms. The van der Waals surface area contributed by atoms with Crippen LogP contribution in [0.15, 0.2) is 35.5 Å². The number of sulfonamides is 1. The molecule has 0 spiro atoms. The number of hydrogen-bond acceptors (Lipinski definition) is 4. The Morgan fingerprint density at radius 2 is 2.32 bits per heavy atom. The van der Waals surface area contributed by atoms with Crippen molar-refractivity contribution in [1.82, 2.24) is 9.71 Å². The number of amides is 1. The van der Waals surface area contributed by atoms with Gasteiger partial charge in [0.15, 0.2) is 5.03 Å². The largest absolute Gasteiger partial charge is 0.281 e. The van der Waals surface area contributed by atoms with Gasteiger partial charge in [0.25, 0.3) is 10.0 Å². The average Bonchev–Trinajstić information content (AvgIpc) is 2.81. The third-order valence-electron chi connectivity index (χ3n) is 2.78. The van der Waals surface area contributed by atoms with Crippen LogP contribution in [-0.4, -0.2) is 19.3 Å². The Morgan fingerprint density at radius 1 is 1.53 bits per heavy atom. The topological polar surface area (TPSA) is 76.1 Å². The number of rotatable bonds is 4. The van der Waals surface area contributed by atoms with Crippen molar-refractivity contribution in [2.45, 2.75) is 24.3 Å². The lowest BCUT2D eigenvalue weighted by Gasteiger charge is -2.09. The van der Waals surface area contributed by atoms with Crippen LogP contribution in [0.2, 0.25) is 5.02 Å². The first-order valence-electron chi connectivity index (χ1n) is 5.81. The van der Waals surface area contributed by atoms with Crippen molar-refractivity contribution in [3.63, 3.8) is 0 Å². The van der Waals surface area contributed by atoms with E-state index in [1.807, 2.05) is 16.9 Å². The molecular formula is C12H13ClN2O3S. The van der Waals surface area contributed by atoms with Crippen molar-refractivity contribution in [3.05, 3.63) is 35.5 Å². The standard InChI is InChI=1S/C12H13ClN2O3S/c13-10-5-6-14-12(8-10)19(17,18)15-11(16)7-9-3-1-2-4-9/h1,3,5-6,8-9H,2,4,7H2,(H,15,16). The number of carbonyl (C=O) groups is 1. The van der Waals surface area contributed by atoms with Gasteiger partial charge < -0.3 is 0 Å². The van der Waals surface area contributed by atoms with E-state index in [2.05, 4.69) is 4.98 Å². The fourth-order valence-corrected chi connectivity index (χ4v) is 3.07. The summed E-state index contributed by atoms with van der Waals surface area (Å²) in [6, 6.07) is 2.67. The molecule has 1 unspecified atom stereocenters. The number of nitrogens with zero attached hydrogens (tertiary/aromatic N) is 1. The lowest BCUT2D eigenvalue weighted by atomic mass is 10.1. The molecule has 1 aliphatic rings. The van der Waals surface area contributed by atoms with Crippen LogP contribution in [0.25, 0.3) is 0 Å². The summed E-state index contributed by atoms with van der Waals surface area (Å²) in [6.45, 7) is 0. The van der Waals surface area contributed by atoms with Gasteiger partial charge in [-0.1, -0.05) is 23.8 Å². The minimum atomic E-state index is -3.94. The normalized spacial score (nSPS) is 18.5. The van der Waals surface area contributed by atoms with Gasteiger partial charge in [-0.25, -0.2) is 9.71 Å². The lowest BCUT2D eigenvalue weighted by Crippen LogP contribution is -2.32. The molecular weight excluding hydrogens is 288 g/mol. The van der Waals surface area contributed by atoms with Gasteiger partial charge >= 0.3 is 0 Å². The Labute approximate surface area is 116 Å². The molecule has 0 aliphatic heterocycles. The molecule has 0 fully saturated rings. The molecule has 1 N–H and O–H groups in total. The Kier molecular flexibility index (Phi) is 4.21. The zero-order chi connectivity index (χ0) is 13.9. The molecule has 0 aromatic carbocycles. The fourth-order valence-electron chi connectivity index (χ4n) is 1.88. The van der Waals surface area contributed by atoms with Gasteiger partial charge in [0.2, 0.25) is 5.91 Å². The van der Waals surface area contributed by atoms with E-state index in [-0.39, 0.29) is 22.4 Å². The monoisotopic (exact) mass is 300 g/mol. The summed E-state index contributed by atoms with van der Waals surface area (Å²) >= 11 is 5.70. The molecule has 102 valence electrons. The number of halogens is 1. The molecule has 1 aromatic rings. The number of carbonyl (C=O) groups excluding carboxylic acids is 1. The van der Waals surface area contributed by atoms with Crippen LogP contribution in [0.5, 0.6) is 0 Å². The molecule has 5 nitrogen and oxygen atoms in total. The van der Waals surface area contributed by atoms with E-state index in [0.717, 1.165) is 12.8 Å². The van der Waals surface area contributed by atoms with Crippen LogP contribution in [0, 0.1) is 5.92 Å². The van der Waals surface area contributed by atoms with Crippen LogP contribution in [0.4, 0.5) is 0 Å². The first-order chi connectivity index (χ1) is 8.97. The molecule has 1 aliphatic carbocycles. The van der Waals surface area contributed by atoms with Gasteiger partial charge in [0.05, 0.1) is 0 Å². The van der Waals surface area contributed by atoms with Gasteiger partial charge in [-0.05, 0) is 30.9 Å². The summed E-state index contributed by atoms with van der Waals surface area (Å²) in [5, 5.41) is -0.00290. The number of aromatic nitrogens is 1. The second-order valence-electron chi connectivity index (χ2n) is 4.31. The van der Waals surface area contributed by atoms with Crippen molar-refractivity contribution in [2.24, 2.45) is 5.92 Å². The molecule has 1 atom stereocenters. The first-order valence-corrected chi connectivity index (χ1v) is 7.67. The predicted octanol–water partition coefficient (Wildman–Crippen LogP) is 1.90. The van der Waals surface area contributed by atoms with E-state index in [1.165, 1.54) is 18.3 Å². The van der Waals surface area contributed by atoms with Crippen molar-refractivity contribution < 1.29 is 13.2 Å². The third kappa shape index (κ3) is 3.78. The molecule has 0 saturated heterocycles. The van der Waals surface area contributed by atoms with E-state index >= 15 is 0 Å².